The molecule has 21 heavy (non-hydrogen) atoms. The van der Waals surface area contributed by atoms with Crippen LogP contribution in [0.3, 0.4) is 0 Å². The molecule has 0 atom stereocenters. The van der Waals surface area contributed by atoms with Crippen molar-refractivity contribution in [3.63, 3.8) is 0 Å². The van der Waals surface area contributed by atoms with E-state index in [1.54, 1.807) is 0 Å². The van der Waals surface area contributed by atoms with Crippen molar-refractivity contribution in [1.82, 2.24) is 0 Å². The monoisotopic (exact) mass is 295 g/mol. The average Bonchev–Trinajstić information content (AvgIpc) is 2.54. The van der Waals surface area contributed by atoms with Crippen molar-refractivity contribution < 1.29 is 4.79 Å². The number of carbonyl (C=O) groups excluding carboxylic acids is 1. The molecule has 3 aromatic rings. The Morgan fingerprint density at radius 2 is 1.62 bits per heavy atom. The molecule has 0 spiro atoms. The van der Waals surface area contributed by atoms with Crippen LogP contribution in [0.15, 0.2) is 66.7 Å². The van der Waals surface area contributed by atoms with Gasteiger partial charge in [0.2, 0.25) is 0 Å². The minimum Gasteiger partial charge on any atom is -0.322 e. The first-order chi connectivity index (χ1) is 10.3. The number of hydrogen-bond donors (Lipinski definition) is 1. The maximum Gasteiger partial charge on any atom is 0.256 e. The molecular weight excluding hydrogens is 282 g/mol. The average molecular weight is 296 g/mol. The van der Waals surface area contributed by atoms with Crippen molar-refractivity contribution >= 4 is 34.0 Å². The lowest BCUT2D eigenvalue weighted by Gasteiger charge is -2.10. The number of anilines is 1. The molecule has 0 radical (unpaired) electrons. The van der Waals surface area contributed by atoms with E-state index < -0.39 is 0 Å². The second-order valence-corrected chi connectivity index (χ2v) is 5.04. The van der Waals surface area contributed by atoms with Crippen LogP contribution < -0.4 is 5.32 Å². The van der Waals surface area contributed by atoms with Crippen molar-refractivity contribution in [3.8, 4) is 0 Å². The van der Waals surface area contributed by atoms with E-state index >= 15 is 0 Å². The maximum absolute atomic E-state index is 12.5. The highest BCUT2D eigenvalue weighted by Crippen LogP contribution is 2.22. The van der Waals surface area contributed by atoms with E-state index in [0.29, 0.717) is 11.4 Å². The number of amides is 1. The SMILES string of the molecule is O=C(Nc1ccccc1CCl)c1cccc2ccccc12. The Bertz CT molecular complexity index is 793. The number of para-hydroxylation sites is 1. The fraction of sp³-hybridized carbons (Fsp3) is 0.0556. The highest BCUT2D eigenvalue weighted by molar-refractivity contribution is 6.18. The molecule has 0 aliphatic carbocycles. The summed E-state index contributed by atoms with van der Waals surface area (Å²) in [6, 6.07) is 21.1. The topological polar surface area (TPSA) is 29.1 Å². The summed E-state index contributed by atoms with van der Waals surface area (Å²) >= 11 is 5.91. The highest BCUT2D eigenvalue weighted by Gasteiger charge is 2.11. The van der Waals surface area contributed by atoms with Crippen molar-refractivity contribution in [3.05, 3.63) is 77.9 Å². The fourth-order valence-electron chi connectivity index (χ4n) is 2.37. The number of alkyl halides is 1. The first-order valence-corrected chi connectivity index (χ1v) is 7.26. The van der Waals surface area contributed by atoms with Gasteiger partial charge < -0.3 is 5.32 Å². The van der Waals surface area contributed by atoms with E-state index in [1.807, 2.05) is 66.7 Å². The van der Waals surface area contributed by atoms with E-state index in [9.17, 15) is 4.79 Å². The molecule has 0 aliphatic rings. The Balaban J connectivity index is 1.98. The summed E-state index contributed by atoms with van der Waals surface area (Å²) in [5, 5.41) is 4.94. The van der Waals surface area contributed by atoms with Crippen molar-refractivity contribution in [2.75, 3.05) is 5.32 Å². The third-order valence-corrected chi connectivity index (χ3v) is 3.73. The van der Waals surface area contributed by atoms with Gasteiger partial charge in [-0.05, 0) is 28.5 Å². The second kappa shape index (κ2) is 5.98. The van der Waals surface area contributed by atoms with Gasteiger partial charge >= 0.3 is 0 Å². The van der Waals surface area contributed by atoms with E-state index in [4.69, 9.17) is 11.6 Å². The van der Waals surface area contributed by atoms with Gasteiger partial charge in [-0.2, -0.15) is 0 Å². The van der Waals surface area contributed by atoms with Crippen LogP contribution in [-0.4, -0.2) is 5.91 Å². The summed E-state index contributed by atoms with van der Waals surface area (Å²) in [4.78, 5) is 12.5. The fourth-order valence-corrected chi connectivity index (χ4v) is 2.60. The van der Waals surface area contributed by atoms with E-state index in [0.717, 1.165) is 22.0 Å². The molecule has 3 heteroatoms. The zero-order valence-electron chi connectivity index (χ0n) is 11.3. The molecule has 0 aromatic heterocycles. The number of rotatable bonds is 3. The Hall–Kier alpha value is -2.32. The van der Waals surface area contributed by atoms with Crippen molar-refractivity contribution in [2.45, 2.75) is 5.88 Å². The number of hydrogen-bond acceptors (Lipinski definition) is 1. The van der Waals surface area contributed by atoms with E-state index in [2.05, 4.69) is 5.32 Å². The first kappa shape index (κ1) is 13.7. The molecular formula is C18H14ClNO. The number of halogens is 1. The summed E-state index contributed by atoms with van der Waals surface area (Å²) < 4.78 is 0. The van der Waals surface area contributed by atoms with Gasteiger partial charge in [-0.3, -0.25) is 4.79 Å². The predicted molar refractivity (Wildman–Crippen MR) is 87.9 cm³/mol. The van der Waals surface area contributed by atoms with Crippen LogP contribution in [-0.2, 0) is 5.88 Å². The summed E-state index contributed by atoms with van der Waals surface area (Å²) in [6.07, 6.45) is 0. The minimum atomic E-state index is -0.121. The Labute approximate surface area is 128 Å². The number of carbonyl (C=O) groups is 1. The largest absolute Gasteiger partial charge is 0.322 e. The Kier molecular flexibility index (Phi) is 3.89. The lowest BCUT2D eigenvalue weighted by molar-refractivity contribution is 0.102. The van der Waals surface area contributed by atoms with Gasteiger partial charge in [0.05, 0.1) is 0 Å². The van der Waals surface area contributed by atoms with Gasteiger partial charge in [0.1, 0.15) is 0 Å². The van der Waals surface area contributed by atoms with Gasteiger partial charge in [0.15, 0.2) is 0 Å². The third kappa shape index (κ3) is 2.76. The summed E-state index contributed by atoms with van der Waals surface area (Å²) in [7, 11) is 0. The van der Waals surface area contributed by atoms with Gasteiger partial charge in [-0.25, -0.2) is 0 Å². The van der Waals surface area contributed by atoms with Crippen LogP contribution in [0, 0.1) is 0 Å². The van der Waals surface area contributed by atoms with Crippen LogP contribution >= 0.6 is 11.6 Å². The highest BCUT2D eigenvalue weighted by atomic mass is 35.5. The van der Waals surface area contributed by atoms with E-state index in [-0.39, 0.29) is 5.91 Å². The van der Waals surface area contributed by atoms with Crippen LogP contribution in [0.2, 0.25) is 0 Å². The Morgan fingerprint density at radius 1 is 0.905 bits per heavy atom. The van der Waals surface area contributed by atoms with Gasteiger partial charge in [0, 0.05) is 17.1 Å². The van der Waals surface area contributed by atoms with Gasteiger partial charge in [-0.15, -0.1) is 11.6 Å². The van der Waals surface area contributed by atoms with Crippen molar-refractivity contribution in [2.24, 2.45) is 0 Å². The van der Waals surface area contributed by atoms with E-state index in [1.165, 1.54) is 0 Å². The molecule has 0 saturated carbocycles. The standard InChI is InChI=1S/C18H14ClNO/c19-12-14-7-2-4-11-17(14)20-18(21)16-10-5-8-13-6-1-3-9-15(13)16/h1-11H,12H2,(H,20,21). The van der Waals surface area contributed by atoms with Crippen LogP contribution in [0.4, 0.5) is 5.69 Å². The Morgan fingerprint density at radius 3 is 2.48 bits per heavy atom. The summed E-state index contributed by atoms with van der Waals surface area (Å²) in [6.45, 7) is 0. The van der Waals surface area contributed by atoms with Crippen molar-refractivity contribution in [1.29, 1.82) is 0 Å². The van der Waals surface area contributed by atoms with Crippen LogP contribution in [0.5, 0.6) is 0 Å². The quantitative estimate of drug-likeness (QED) is 0.689. The number of nitrogens with one attached hydrogen (secondary N) is 1. The normalized spacial score (nSPS) is 10.5. The molecule has 0 fully saturated rings. The smallest absolute Gasteiger partial charge is 0.256 e. The zero-order chi connectivity index (χ0) is 14.7. The number of benzene rings is 3. The third-order valence-electron chi connectivity index (χ3n) is 3.44. The molecule has 0 bridgehead atoms. The second-order valence-electron chi connectivity index (χ2n) is 4.77. The lowest BCUT2D eigenvalue weighted by atomic mass is 10.0. The molecule has 3 aromatic carbocycles. The predicted octanol–water partition coefficient (Wildman–Crippen LogP) is 4.83. The molecule has 104 valence electrons. The van der Waals surface area contributed by atoms with Crippen LogP contribution in [0.1, 0.15) is 15.9 Å². The molecule has 0 heterocycles. The first-order valence-electron chi connectivity index (χ1n) is 6.72. The molecule has 0 aliphatic heterocycles. The molecule has 1 amide bonds. The van der Waals surface area contributed by atoms with Gasteiger partial charge in [0.25, 0.3) is 5.91 Å². The van der Waals surface area contributed by atoms with Gasteiger partial charge in [-0.1, -0.05) is 54.6 Å². The summed E-state index contributed by atoms with van der Waals surface area (Å²) in [5.41, 5.74) is 2.33. The molecule has 2 nitrogen and oxygen atoms in total. The zero-order valence-corrected chi connectivity index (χ0v) is 12.1. The molecule has 0 unspecified atom stereocenters. The minimum absolute atomic E-state index is 0.121. The molecule has 3 rings (SSSR count). The number of fused-ring (bicyclic) bond motifs is 1. The van der Waals surface area contributed by atoms with Crippen LogP contribution in [0.25, 0.3) is 10.8 Å². The molecule has 0 saturated heterocycles. The lowest BCUT2D eigenvalue weighted by Crippen LogP contribution is -2.13. The molecule has 1 N–H and O–H groups in total. The maximum atomic E-state index is 12.5. The summed E-state index contributed by atoms with van der Waals surface area (Å²) in [5.74, 6) is 0.246.